The molecule has 1 aromatic heterocycles. The number of aryl methyl sites for hydroxylation is 1. The van der Waals surface area contributed by atoms with E-state index in [9.17, 15) is 24.5 Å². The minimum absolute atomic E-state index is 0.0416. The third-order valence-electron chi connectivity index (χ3n) is 4.98. The van der Waals surface area contributed by atoms with Gasteiger partial charge in [0.1, 0.15) is 6.54 Å². The number of imide groups is 1. The Hall–Kier alpha value is -3.89. The van der Waals surface area contributed by atoms with Crippen molar-refractivity contribution in [1.29, 1.82) is 0 Å². The standard InChI is InChI=1S/C23H17ClN4O5S/c1-14-5-6-16(10-19(14)24)25-21(29)13-27-22(30)20(34-23(27)31)9-15-7-8-26(12-15)17-3-2-4-18(11-17)28(32)33/h2-12H,13H2,1H3,(H,25,29). The molecule has 0 radical (unpaired) electrons. The number of carbonyl (C=O) groups is 3. The van der Waals surface area contributed by atoms with Gasteiger partial charge in [-0.25, -0.2) is 0 Å². The summed E-state index contributed by atoms with van der Waals surface area (Å²) < 4.78 is 1.67. The number of aromatic nitrogens is 1. The first-order valence-electron chi connectivity index (χ1n) is 9.95. The molecular formula is C23H17ClN4O5S. The molecule has 3 amide bonds. The van der Waals surface area contributed by atoms with Gasteiger partial charge in [-0.3, -0.25) is 29.4 Å². The number of hydrogen-bond donors (Lipinski definition) is 1. The van der Waals surface area contributed by atoms with Crippen molar-refractivity contribution in [3.05, 3.63) is 92.1 Å². The summed E-state index contributed by atoms with van der Waals surface area (Å²) in [6.45, 7) is 1.40. The zero-order valence-electron chi connectivity index (χ0n) is 17.7. The molecule has 1 aliphatic rings. The largest absolute Gasteiger partial charge is 0.324 e. The van der Waals surface area contributed by atoms with E-state index < -0.39 is 28.5 Å². The molecule has 0 saturated carbocycles. The lowest BCUT2D eigenvalue weighted by Crippen LogP contribution is -2.36. The lowest BCUT2D eigenvalue weighted by Gasteiger charge is -2.12. The predicted molar refractivity (Wildman–Crippen MR) is 130 cm³/mol. The van der Waals surface area contributed by atoms with Crippen LogP contribution >= 0.6 is 23.4 Å². The molecule has 11 heteroatoms. The molecule has 0 unspecified atom stereocenters. The number of nitrogens with one attached hydrogen (secondary N) is 1. The number of nitrogens with zero attached hydrogens (tertiary/aromatic N) is 3. The Morgan fingerprint density at radius 2 is 2.00 bits per heavy atom. The highest BCUT2D eigenvalue weighted by atomic mass is 35.5. The van der Waals surface area contributed by atoms with Crippen molar-refractivity contribution < 1.29 is 19.3 Å². The maximum Gasteiger partial charge on any atom is 0.294 e. The van der Waals surface area contributed by atoms with Gasteiger partial charge in [-0.05, 0) is 60.2 Å². The molecule has 1 aliphatic heterocycles. The fourth-order valence-corrected chi connectivity index (χ4v) is 4.25. The number of carbonyl (C=O) groups excluding carboxylic acids is 3. The number of nitro benzene ring substituents is 1. The van der Waals surface area contributed by atoms with Crippen molar-refractivity contribution in [2.45, 2.75) is 6.92 Å². The van der Waals surface area contributed by atoms with E-state index in [0.717, 1.165) is 22.2 Å². The molecule has 1 fully saturated rings. The van der Waals surface area contributed by atoms with E-state index in [1.54, 1.807) is 53.4 Å². The van der Waals surface area contributed by atoms with Crippen LogP contribution in [0.5, 0.6) is 0 Å². The van der Waals surface area contributed by atoms with Crippen molar-refractivity contribution in [2.75, 3.05) is 11.9 Å². The minimum atomic E-state index is -0.574. The number of halogens is 1. The Kier molecular flexibility index (Phi) is 6.53. The second kappa shape index (κ2) is 9.54. The van der Waals surface area contributed by atoms with Gasteiger partial charge in [0.05, 0.1) is 15.5 Å². The highest BCUT2D eigenvalue weighted by molar-refractivity contribution is 8.18. The molecule has 9 nitrogen and oxygen atoms in total. The summed E-state index contributed by atoms with van der Waals surface area (Å²) in [5.41, 5.74) is 2.48. The molecule has 1 saturated heterocycles. The van der Waals surface area contributed by atoms with Crippen LogP contribution < -0.4 is 5.32 Å². The quantitative estimate of drug-likeness (QED) is 0.291. The Labute approximate surface area is 203 Å². The highest BCUT2D eigenvalue weighted by Gasteiger charge is 2.36. The number of thioether (sulfide) groups is 1. The molecule has 0 aliphatic carbocycles. The number of non-ortho nitro benzene ring substituents is 1. The summed E-state index contributed by atoms with van der Waals surface area (Å²) in [4.78, 5) is 49.0. The van der Waals surface area contributed by atoms with Gasteiger partial charge in [-0.1, -0.05) is 23.7 Å². The number of rotatable bonds is 6. The van der Waals surface area contributed by atoms with Crippen LogP contribution in [-0.2, 0) is 9.59 Å². The molecule has 3 aromatic rings. The third kappa shape index (κ3) is 5.03. The van der Waals surface area contributed by atoms with Crippen molar-refractivity contribution in [3.8, 4) is 5.69 Å². The molecule has 2 heterocycles. The average Bonchev–Trinajstić information content (AvgIpc) is 3.37. The van der Waals surface area contributed by atoms with E-state index in [1.165, 1.54) is 18.2 Å². The van der Waals surface area contributed by atoms with Crippen LogP contribution in [0.3, 0.4) is 0 Å². The van der Waals surface area contributed by atoms with Crippen LogP contribution in [0, 0.1) is 17.0 Å². The van der Waals surface area contributed by atoms with Gasteiger partial charge in [0.15, 0.2) is 0 Å². The van der Waals surface area contributed by atoms with Crippen LogP contribution in [0.4, 0.5) is 16.2 Å². The first kappa shape index (κ1) is 23.3. The van der Waals surface area contributed by atoms with Crippen LogP contribution in [0.25, 0.3) is 11.8 Å². The summed E-state index contributed by atoms with van der Waals surface area (Å²) in [6.07, 6.45) is 4.91. The monoisotopic (exact) mass is 496 g/mol. The van der Waals surface area contributed by atoms with E-state index in [0.29, 0.717) is 22.0 Å². The van der Waals surface area contributed by atoms with Gasteiger partial charge in [-0.2, -0.15) is 0 Å². The lowest BCUT2D eigenvalue weighted by molar-refractivity contribution is -0.384. The fourth-order valence-electron chi connectivity index (χ4n) is 3.23. The summed E-state index contributed by atoms with van der Waals surface area (Å²) >= 11 is 6.80. The minimum Gasteiger partial charge on any atom is -0.324 e. The first-order chi connectivity index (χ1) is 16.2. The zero-order valence-corrected chi connectivity index (χ0v) is 19.3. The molecular weight excluding hydrogens is 480 g/mol. The fraction of sp³-hybridized carbons (Fsp3) is 0.0870. The van der Waals surface area contributed by atoms with Gasteiger partial charge in [0.2, 0.25) is 5.91 Å². The van der Waals surface area contributed by atoms with Gasteiger partial charge >= 0.3 is 0 Å². The number of benzene rings is 2. The van der Waals surface area contributed by atoms with Crippen LogP contribution in [-0.4, -0.2) is 38.0 Å². The smallest absolute Gasteiger partial charge is 0.294 e. The second-order valence-electron chi connectivity index (χ2n) is 7.41. The van der Waals surface area contributed by atoms with Crippen LogP contribution in [0.1, 0.15) is 11.1 Å². The van der Waals surface area contributed by atoms with E-state index in [-0.39, 0.29) is 10.6 Å². The molecule has 1 N–H and O–H groups in total. The van der Waals surface area contributed by atoms with E-state index in [2.05, 4.69) is 5.32 Å². The van der Waals surface area contributed by atoms with Crippen molar-refractivity contribution >= 4 is 57.9 Å². The Balaban J connectivity index is 1.46. The molecule has 34 heavy (non-hydrogen) atoms. The number of amides is 3. The maximum absolute atomic E-state index is 12.7. The number of nitro groups is 1. The summed E-state index contributed by atoms with van der Waals surface area (Å²) in [6, 6.07) is 12.8. The maximum atomic E-state index is 12.7. The molecule has 0 atom stereocenters. The Morgan fingerprint density at radius 3 is 2.74 bits per heavy atom. The lowest BCUT2D eigenvalue weighted by atomic mass is 10.2. The molecule has 0 spiro atoms. The van der Waals surface area contributed by atoms with Crippen molar-refractivity contribution in [2.24, 2.45) is 0 Å². The summed E-state index contributed by atoms with van der Waals surface area (Å²) in [5, 5.41) is 13.6. The van der Waals surface area contributed by atoms with Crippen LogP contribution in [0.2, 0.25) is 5.02 Å². The normalized spacial score (nSPS) is 14.6. The summed E-state index contributed by atoms with van der Waals surface area (Å²) in [7, 11) is 0. The topological polar surface area (TPSA) is 115 Å². The number of anilines is 1. The van der Waals surface area contributed by atoms with Crippen molar-refractivity contribution in [3.63, 3.8) is 0 Å². The highest BCUT2D eigenvalue weighted by Crippen LogP contribution is 2.32. The molecule has 2 aromatic carbocycles. The average molecular weight is 497 g/mol. The SMILES string of the molecule is Cc1ccc(NC(=O)CN2C(=O)SC(=Cc3ccn(-c4cccc([N+](=O)[O-])c4)c3)C2=O)cc1Cl. The third-order valence-corrected chi connectivity index (χ3v) is 6.30. The zero-order chi connectivity index (χ0) is 24.4. The second-order valence-corrected chi connectivity index (χ2v) is 8.81. The Bertz CT molecular complexity index is 1370. The van der Waals surface area contributed by atoms with E-state index >= 15 is 0 Å². The van der Waals surface area contributed by atoms with Gasteiger partial charge in [0, 0.05) is 35.2 Å². The van der Waals surface area contributed by atoms with Gasteiger partial charge in [0.25, 0.3) is 16.8 Å². The van der Waals surface area contributed by atoms with E-state index in [4.69, 9.17) is 11.6 Å². The van der Waals surface area contributed by atoms with E-state index in [1.807, 2.05) is 6.92 Å². The van der Waals surface area contributed by atoms with Crippen LogP contribution in [0.15, 0.2) is 65.8 Å². The predicted octanol–water partition coefficient (Wildman–Crippen LogP) is 5.02. The Morgan fingerprint density at radius 1 is 1.21 bits per heavy atom. The molecule has 0 bridgehead atoms. The number of hydrogen-bond acceptors (Lipinski definition) is 6. The summed E-state index contributed by atoms with van der Waals surface area (Å²) in [5.74, 6) is -1.10. The van der Waals surface area contributed by atoms with Gasteiger partial charge < -0.3 is 9.88 Å². The molecule has 172 valence electrons. The van der Waals surface area contributed by atoms with Crippen molar-refractivity contribution in [1.82, 2.24) is 9.47 Å². The van der Waals surface area contributed by atoms with Gasteiger partial charge in [-0.15, -0.1) is 0 Å². The first-order valence-corrected chi connectivity index (χ1v) is 11.1. The molecule has 4 rings (SSSR count).